The maximum absolute atomic E-state index is 12.4. The number of carbonyl (C=O) groups excluding carboxylic acids is 1. The molecule has 1 saturated heterocycles. The number of aliphatic hydroxyl groups excluding tert-OH is 1. The average molecular weight is 240 g/mol. The molecular formula is C13H24N2O2. The van der Waals surface area contributed by atoms with Gasteiger partial charge in [0.05, 0.1) is 5.54 Å². The molecule has 0 atom stereocenters. The van der Waals surface area contributed by atoms with Crippen LogP contribution in [0.4, 0.5) is 0 Å². The summed E-state index contributed by atoms with van der Waals surface area (Å²) in [5.41, 5.74) is 5.67. The minimum absolute atomic E-state index is 0.147. The number of nitrogens with two attached hydrogens (primary N) is 1. The summed E-state index contributed by atoms with van der Waals surface area (Å²) in [7, 11) is 0. The Hall–Kier alpha value is -0.610. The first-order valence-electron chi connectivity index (χ1n) is 6.85. The van der Waals surface area contributed by atoms with E-state index >= 15 is 0 Å². The van der Waals surface area contributed by atoms with Gasteiger partial charge in [0.2, 0.25) is 5.91 Å². The fourth-order valence-electron chi connectivity index (χ4n) is 3.03. The van der Waals surface area contributed by atoms with Crippen molar-refractivity contribution < 1.29 is 9.90 Å². The van der Waals surface area contributed by atoms with Crippen LogP contribution in [0.5, 0.6) is 0 Å². The number of aliphatic hydroxyl groups is 1. The van der Waals surface area contributed by atoms with Gasteiger partial charge in [-0.3, -0.25) is 4.79 Å². The summed E-state index contributed by atoms with van der Waals surface area (Å²) >= 11 is 0. The Morgan fingerprint density at radius 3 is 2.35 bits per heavy atom. The van der Waals surface area contributed by atoms with Crippen molar-refractivity contribution in [1.29, 1.82) is 0 Å². The predicted octanol–water partition coefficient (Wildman–Crippen LogP) is 0.879. The number of amides is 1. The zero-order valence-corrected chi connectivity index (χ0v) is 10.5. The summed E-state index contributed by atoms with van der Waals surface area (Å²) in [6.45, 7) is 1.78. The second-order valence-electron chi connectivity index (χ2n) is 5.63. The van der Waals surface area contributed by atoms with Crippen LogP contribution in [0.2, 0.25) is 0 Å². The van der Waals surface area contributed by atoms with Crippen molar-refractivity contribution in [3.8, 4) is 0 Å². The maximum Gasteiger partial charge on any atom is 0.242 e. The van der Waals surface area contributed by atoms with E-state index in [1.807, 2.05) is 4.90 Å². The van der Waals surface area contributed by atoms with Crippen LogP contribution in [0, 0.1) is 5.92 Å². The van der Waals surface area contributed by atoms with E-state index < -0.39 is 5.54 Å². The number of carbonyl (C=O) groups is 1. The minimum Gasteiger partial charge on any atom is -0.396 e. The molecule has 2 fully saturated rings. The standard InChI is InChI=1S/C13H24N2O2/c14-13(6-2-1-3-7-13)12(17)15-8-4-11(10-16)5-9-15/h11,16H,1-10,14H2. The Labute approximate surface area is 103 Å². The van der Waals surface area contributed by atoms with Gasteiger partial charge in [0.15, 0.2) is 0 Å². The highest BCUT2D eigenvalue weighted by Gasteiger charge is 2.39. The molecule has 1 heterocycles. The summed E-state index contributed by atoms with van der Waals surface area (Å²) < 4.78 is 0. The van der Waals surface area contributed by atoms with Gasteiger partial charge in [-0.05, 0) is 31.6 Å². The fourth-order valence-corrected chi connectivity index (χ4v) is 3.03. The topological polar surface area (TPSA) is 66.6 Å². The van der Waals surface area contributed by atoms with Crippen LogP contribution < -0.4 is 5.73 Å². The molecule has 0 spiro atoms. The van der Waals surface area contributed by atoms with Crippen LogP contribution in [-0.4, -0.2) is 41.1 Å². The molecule has 98 valence electrons. The molecule has 0 aromatic rings. The van der Waals surface area contributed by atoms with Gasteiger partial charge in [-0.25, -0.2) is 0 Å². The lowest BCUT2D eigenvalue weighted by Gasteiger charge is -2.39. The van der Waals surface area contributed by atoms with Gasteiger partial charge in [-0.2, -0.15) is 0 Å². The lowest BCUT2D eigenvalue weighted by Crippen LogP contribution is -2.57. The zero-order chi connectivity index (χ0) is 12.3. The van der Waals surface area contributed by atoms with Crippen LogP contribution in [0.3, 0.4) is 0 Å². The van der Waals surface area contributed by atoms with Crippen molar-refractivity contribution in [2.24, 2.45) is 11.7 Å². The number of hydrogen-bond donors (Lipinski definition) is 2. The lowest BCUT2D eigenvalue weighted by molar-refractivity contribution is -0.139. The summed E-state index contributed by atoms with van der Waals surface area (Å²) in [5, 5.41) is 9.09. The van der Waals surface area contributed by atoms with Gasteiger partial charge < -0.3 is 15.7 Å². The van der Waals surface area contributed by atoms with Gasteiger partial charge in [-0.1, -0.05) is 19.3 Å². The fraction of sp³-hybridized carbons (Fsp3) is 0.923. The van der Waals surface area contributed by atoms with Crippen LogP contribution in [0.1, 0.15) is 44.9 Å². The van der Waals surface area contributed by atoms with Crippen molar-refractivity contribution in [3.05, 3.63) is 0 Å². The van der Waals surface area contributed by atoms with Crippen molar-refractivity contribution in [1.82, 2.24) is 4.90 Å². The Bertz CT molecular complexity index is 267. The molecule has 1 saturated carbocycles. The second-order valence-corrected chi connectivity index (χ2v) is 5.63. The maximum atomic E-state index is 12.4. The summed E-state index contributed by atoms with van der Waals surface area (Å²) in [6.07, 6.45) is 6.87. The Balaban J connectivity index is 1.91. The van der Waals surface area contributed by atoms with Crippen LogP contribution >= 0.6 is 0 Å². The number of nitrogens with zero attached hydrogens (tertiary/aromatic N) is 1. The second kappa shape index (κ2) is 5.36. The third-order valence-corrected chi connectivity index (χ3v) is 4.33. The molecule has 1 aliphatic carbocycles. The highest BCUT2D eigenvalue weighted by atomic mass is 16.3. The smallest absolute Gasteiger partial charge is 0.242 e. The molecule has 0 aromatic heterocycles. The first-order chi connectivity index (χ1) is 8.15. The highest BCUT2D eigenvalue weighted by Crippen LogP contribution is 2.29. The van der Waals surface area contributed by atoms with E-state index in [9.17, 15) is 4.79 Å². The van der Waals surface area contributed by atoms with Gasteiger partial charge >= 0.3 is 0 Å². The van der Waals surface area contributed by atoms with E-state index in [4.69, 9.17) is 10.8 Å². The van der Waals surface area contributed by atoms with Crippen molar-refractivity contribution >= 4 is 5.91 Å². The van der Waals surface area contributed by atoms with Crippen LogP contribution in [0.15, 0.2) is 0 Å². The molecule has 17 heavy (non-hydrogen) atoms. The molecule has 0 radical (unpaired) electrons. The molecule has 2 rings (SSSR count). The van der Waals surface area contributed by atoms with E-state index in [0.717, 1.165) is 51.6 Å². The molecule has 4 heteroatoms. The molecule has 0 unspecified atom stereocenters. The largest absolute Gasteiger partial charge is 0.396 e. The normalized spacial score (nSPS) is 25.9. The molecule has 1 aliphatic heterocycles. The number of likely N-dealkylation sites (tertiary alicyclic amines) is 1. The summed E-state index contributed by atoms with van der Waals surface area (Å²) in [6, 6.07) is 0. The van der Waals surface area contributed by atoms with E-state index in [1.54, 1.807) is 0 Å². The molecule has 3 N–H and O–H groups in total. The van der Waals surface area contributed by atoms with Gasteiger partial charge in [0, 0.05) is 19.7 Å². The van der Waals surface area contributed by atoms with E-state index in [0.29, 0.717) is 5.92 Å². The summed E-state index contributed by atoms with van der Waals surface area (Å²) in [5.74, 6) is 0.521. The molecule has 0 aromatic carbocycles. The first-order valence-corrected chi connectivity index (χ1v) is 6.85. The van der Waals surface area contributed by atoms with Crippen molar-refractivity contribution in [3.63, 3.8) is 0 Å². The molecule has 2 aliphatic rings. The highest BCUT2D eigenvalue weighted by molar-refractivity contribution is 5.86. The Morgan fingerprint density at radius 1 is 1.24 bits per heavy atom. The molecular weight excluding hydrogens is 216 g/mol. The quantitative estimate of drug-likeness (QED) is 0.753. The van der Waals surface area contributed by atoms with Gasteiger partial charge in [0.25, 0.3) is 0 Å². The SMILES string of the molecule is NC1(C(=O)N2CCC(CO)CC2)CCCCC1. The number of hydrogen-bond acceptors (Lipinski definition) is 3. The van der Waals surface area contributed by atoms with Crippen molar-refractivity contribution in [2.75, 3.05) is 19.7 Å². The van der Waals surface area contributed by atoms with Gasteiger partial charge in [0.1, 0.15) is 0 Å². The Kier molecular flexibility index (Phi) is 4.05. The molecule has 4 nitrogen and oxygen atoms in total. The van der Waals surface area contributed by atoms with Gasteiger partial charge in [-0.15, -0.1) is 0 Å². The average Bonchev–Trinajstić information content (AvgIpc) is 2.39. The number of rotatable bonds is 2. The third-order valence-electron chi connectivity index (χ3n) is 4.33. The number of piperidine rings is 1. The van der Waals surface area contributed by atoms with E-state index in [1.165, 1.54) is 6.42 Å². The van der Waals surface area contributed by atoms with Crippen LogP contribution in [0.25, 0.3) is 0 Å². The monoisotopic (exact) mass is 240 g/mol. The summed E-state index contributed by atoms with van der Waals surface area (Å²) in [4.78, 5) is 14.3. The Morgan fingerprint density at radius 2 is 1.82 bits per heavy atom. The lowest BCUT2D eigenvalue weighted by atomic mass is 9.81. The predicted molar refractivity (Wildman–Crippen MR) is 66.4 cm³/mol. The van der Waals surface area contributed by atoms with Crippen molar-refractivity contribution in [2.45, 2.75) is 50.5 Å². The molecule has 1 amide bonds. The molecule has 0 bridgehead atoms. The zero-order valence-electron chi connectivity index (χ0n) is 10.5. The minimum atomic E-state index is -0.593. The van der Waals surface area contributed by atoms with E-state index in [2.05, 4.69) is 0 Å². The third kappa shape index (κ3) is 2.80. The van der Waals surface area contributed by atoms with E-state index in [-0.39, 0.29) is 12.5 Å². The first kappa shape index (κ1) is 12.8. The van der Waals surface area contributed by atoms with Crippen LogP contribution in [-0.2, 0) is 4.79 Å².